The molecule has 0 spiro atoms. The summed E-state index contributed by atoms with van der Waals surface area (Å²) in [6.07, 6.45) is 3.45. The molecule has 2 aromatic rings. The average molecular weight is 284 g/mol. The Morgan fingerprint density at radius 3 is 2.33 bits per heavy atom. The lowest BCUT2D eigenvalue weighted by atomic mass is 10.2. The van der Waals surface area contributed by atoms with Gasteiger partial charge in [0.2, 0.25) is 0 Å². The SMILES string of the molecule is CCNc1ccc(NC(=O)N(C)Cc2ccncc2)cc1. The first kappa shape index (κ1) is 14.8. The fourth-order valence-corrected chi connectivity index (χ4v) is 1.93. The summed E-state index contributed by atoms with van der Waals surface area (Å²) in [6.45, 7) is 3.47. The van der Waals surface area contributed by atoms with Crippen molar-refractivity contribution in [3.05, 3.63) is 54.4 Å². The van der Waals surface area contributed by atoms with E-state index in [9.17, 15) is 4.79 Å². The number of urea groups is 1. The number of benzene rings is 1. The standard InChI is InChI=1S/C16H20N4O/c1-3-18-14-4-6-15(7-5-14)19-16(21)20(2)12-13-8-10-17-11-9-13/h4-11,18H,3,12H2,1-2H3,(H,19,21). The maximum absolute atomic E-state index is 12.1. The number of aromatic nitrogens is 1. The van der Waals surface area contributed by atoms with Crippen LogP contribution in [0.25, 0.3) is 0 Å². The molecule has 0 fully saturated rings. The Hall–Kier alpha value is -2.56. The van der Waals surface area contributed by atoms with Crippen molar-refractivity contribution in [1.82, 2.24) is 9.88 Å². The summed E-state index contributed by atoms with van der Waals surface area (Å²) in [5.41, 5.74) is 2.87. The van der Waals surface area contributed by atoms with Crippen molar-refractivity contribution in [2.24, 2.45) is 0 Å². The molecule has 0 bridgehead atoms. The lowest BCUT2D eigenvalue weighted by molar-refractivity contribution is 0.220. The molecule has 110 valence electrons. The number of pyridine rings is 1. The fourth-order valence-electron chi connectivity index (χ4n) is 1.93. The maximum atomic E-state index is 12.1. The second-order valence-corrected chi connectivity index (χ2v) is 4.75. The van der Waals surface area contributed by atoms with E-state index in [0.717, 1.165) is 23.5 Å². The van der Waals surface area contributed by atoms with E-state index in [1.54, 1.807) is 24.3 Å². The van der Waals surface area contributed by atoms with Gasteiger partial charge in [0.1, 0.15) is 0 Å². The first-order valence-electron chi connectivity index (χ1n) is 6.94. The van der Waals surface area contributed by atoms with Crippen molar-refractivity contribution >= 4 is 17.4 Å². The van der Waals surface area contributed by atoms with Crippen molar-refractivity contribution in [3.8, 4) is 0 Å². The molecule has 5 nitrogen and oxygen atoms in total. The molecule has 0 saturated heterocycles. The van der Waals surface area contributed by atoms with E-state index in [1.165, 1.54) is 0 Å². The van der Waals surface area contributed by atoms with E-state index in [4.69, 9.17) is 0 Å². The summed E-state index contributed by atoms with van der Waals surface area (Å²) in [4.78, 5) is 17.7. The molecular weight excluding hydrogens is 264 g/mol. The van der Waals surface area contributed by atoms with E-state index in [-0.39, 0.29) is 6.03 Å². The topological polar surface area (TPSA) is 57.3 Å². The average Bonchev–Trinajstić information content (AvgIpc) is 2.50. The molecule has 2 rings (SSSR count). The van der Waals surface area contributed by atoms with Gasteiger partial charge in [0.15, 0.2) is 0 Å². The highest BCUT2D eigenvalue weighted by atomic mass is 16.2. The Labute approximate surface area is 125 Å². The molecule has 21 heavy (non-hydrogen) atoms. The van der Waals surface area contributed by atoms with Gasteiger partial charge in [-0.05, 0) is 48.9 Å². The molecule has 5 heteroatoms. The summed E-state index contributed by atoms with van der Waals surface area (Å²) in [5, 5.41) is 6.09. The van der Waals surface area contributed by atoms with Gasteiger partial charge in [-0.2, -0.15) is 0 Å². The molecule has 0 radical (unpaired) electrons. The lowest BCUT2D eigenvalue weighted by Crippen LogP contribution is -2.30. The predicted molar refractivity (Wildman–Crippen MR) is 85.3 cm³/mol. The van der Waals surface area contributed by atoms with E-state index in [1.807, 2.05) is 43.3 Å². The molecule has 2 N–H and O–H groups in total. The second kappa shape index (κ2) is 7.28. The van der Waals surface area contributed by atoms with Crippen LogP contribution in [0, 0.1) is 0 Å². The van der Waals surface area contributed by atoms with Gasteiger partial charge >= 0.3 is 6.03 Å². The zero-order chi connectivity index (χ0) is 15.1. The van der Waals surface area contributed by atoms with E-state index in [0.29, 0.717) is 6.54 Å². The van der Waals surface area contributed by atoms with Crippen LogP contribution in [0.2, 0.25) is 0 Å². The number of hydrogen-bond acceptors (Lipinski definition) is 3. The van der Waals surface area contributed by atoms with Crippen molar-refractivity contribution < 1.29 is 4.79 Å². The molecule has 0 aliphatic heterocycles. The van der Waals surface area contributed by atoms with Crippen LogP contribution in [0.1, 0.15) is 12.5 Å². The third-order valence-electron chi connectivity index (χ3n) is 3.03. The van der Waals surface area contributed by atoms with Crippen LogP contribution in [0.4, 0.5) is 16.2 Å². The normalized spacial score (nSPS) is 10.0. The van der Waals surface area contributed by atoms with Crippen LogP contribution >= 0.6 is 0 Å². The van der Waals surface area contributed by atoms with Gasteiger partial charge in [0.25, 0.3) is 0 Å². The van der Waals surface area contributed by atoms with Crippen molar-refractivity contribution in [1.29, 1.82) is 0 Å². The molecule has 0 aliphatic rings. The van der Waals surface area contributed by atoms with Gasteiger partial charge in [0, 0.05) is 43.9 Å². The molecular formula is C16H20N4O. The lowest BCUT2D eigenvalue weighted by Gasteiger charge is -2.18. The summed E-state index contributed by atoms with van der Waals surface area (Å²) < 4.78 is 0. The summed E-state index contributed by atoms with van der Waals surface area (Å²) >= 11 is 0. The van der Waals surface area contributed by atoms with Gasteiger partial charge < -0.3 is 15.5 Å². The number of amides is 2. The van der Waals surface area contributed by atoms with Gasteiger partial charge in [0.05, 0.1) is 0 Å². The van der Waals surface area contributed by atoms with Gasteiger partial charge in [-0.25, -0.2) is 4.79 Å². The predicted octanol–water partition coefficient (Wildman–Crippen LogP) is 3.18. The first-order chi connectivity index (χ1) is 10.2. The van der Waals surface area contributed by atoms with E-state index < -0.39 is 0 Å². The van der Waals surface area contributed by atoms with Crippen molar-refractivity contribution in [2.45, 2.75) is 13.5 Å². The van der Waals surface area contributed by atoms with E-state index >= 15 is 0 Å². The minimum atomic E-state index is -0.136. The summed E-state index contributed by atoms with van der Waals surface area (Å²) in [7, 11) is 1.77. The number of carbonyl (C=O) groups is 1. The molecule has 0 unspecified atom stereocenters. The molecule has 1 aromatic heterocycles. The molecule has 1 heterocycles. The van der Waals surface area contributed by atoms with Crippen LogP contribution in [-0.4, -0.2) is 29.5 Å². The highest BCUT2D eigenvalue weighted by Crippen LogP contribution is 2.14. The summed E-state index contributed by atoms with van der Waals surface area (Å²) in [5.74, 6) is 0. The highest BCUT2D eigenvalue weighted by molar-refractivity contribution is 5.89. The quantitative estimate of drug-likeness (QED) is 0.886. The number of carbonyl (C=O) groups excluding carboxylic acids is 1. The van der Waals surface area contributed by atoms with Crippen LogP contribution in [0.15, 0.2) is 48.8 Å². The zero-order valence-corrected chi connectivity index (χ0v) is 12.3. The molecule has 0 atom stereocenters. The largest absolute Gasteiger partial charge is 0.385 e. The number of anilines is 2. The molecule has 0 saturated carbocycles. The minimum absolute atomic E-state index is 0.136. The van der Waals surface area contributed by atoms with Gasteiger partial charge in [-0.3, -0.25) is 4.98 Å². The third-order valence-corrected chi connectivity index (χ3v) is 3.03. The Morgan fingerprint density at radius 2 is 1.71 bits per heavy atom. The number of nitrogens with zero attached hydrogens (tertiary/aromatic N) is 2. The van der Waals surface area contributed by atoms with Gasteiger partial charge in [-0.1, -0.05) is 0 Å². The van der Waals surface area contributed by atoms with Crippen molar-refractivity contribution in [2.75, 3.05) is 24.2 Å². The second-order valence-electron chi connectivity index (χ2n) is 4.75. The van der Waals surface area contributed by atoms with Crippen LogP contribution in [-0.2, 0) is 6.54 Å². The Balaban J connectivity index is 1.91. The number of rotatable bonds is 5. The van der Waals surface area contributed by atoms with Crippen LogP contribution in [0.5, 0.6) is 0 Å². The van der Waals surface area contributed by atoms with Crippen LogP contribution in [0.3, 0.4) is 0 Å². The molecule has 0 aliphatic carbocycles. The zero-order valence-electron chi connectivity index (χ0n) is 12.3. The smallest absolute Gasteiger partial charge is 0.321 e. The minimum Gasteiger partial charge on any atom is -0.385 e. The maximum Gasteiger partial charge on any atom is 0.321 e. The highest BCUT2D eigenvalue weighted by Gasteiger charge is 2.09. The number of hydrogen-bond donors (Lipinski definition) is 2. The fraction of sp³-hybridized carbons (Fsp3) is 0.250. The Morgan fingerprint density at radius 1 is 1.10 bits per heavy atom. The van der Waals surface area contributed by atoms with Gasteiger partial charge in [-0.15, -0.1) is 0 Å². The van der Waals surface area contributed by atoms with Crippen LogP contribution < -0.4 is 10.6 Å². The Kier molecular flexibility index (Phi) is 5.15. The third kappa shape index (κ3) is 4.49. The number of nitrogens with one attached hydrogen (secondary N) is 2. The monoisotopic (exact) mass is 284 g/mol. The summed E-state index contributed by atoms with van der Waals surface area (Å²) in [6, 6.07) is 11.3. The molecule has 1 aromatic carbocycles. The Bertz CT molecular complexity index is 569. The molecule has 2 amide bonds. The first-order valence-corrected chi connectivity index (χ1v) is 6.94. The van der Waals surface area contributed by atoms with Crippen molar-refractivity contribution in [3.63, 3.8) is 0 Å². The van der Waals surface area contributed by atoms with E-state index in [2.05, 4.69) is 15.6 Å².